The molecule has 0 unspecified atom stereocenters. The number of aryl methyl sites for hydroxylation is 1. The monoisotopic (exact) mass is 1130 g/mol. The molecule has 3 aromatic rings. The van der Waals surface area contributed by atoms with Crippen molar-refractivity contribution in [1.29, 1.82) is 0 Å². The van der Waals surface area contributed by atoms with Gasteiger partial charge < -0.3 is 48.1 Å². The predicted octanol–water partition coefficient (Wildman–Crippen LogP) is 9.18. The first-order valence-corrected chi connectivity index (χ1v) is 28.1. The minimum absolute atomic E-state index is 0.00149. The number of nitrogens with one attached hydrogen (secondary N) is 1. The van der Waals surface area contributed by atoms with Gasteiger partial charge in [-0.1, -0.05) is 37.6 Å². The third kappa shape index (κ3) is 18.7. The Morgan fingerprint density at radius 2 is 1.27 bits per heavy atom. The molecule has 0 radical (unpaired) electrons. The number of halogens is 1. The summed E-state index contributed by atoms with van der Waals surface area (Å²) in [4.78, 5) is 87.4. The lowest BCUT2D eigenvalue weighted by Crippen LogP contribution is -2.51. The van der Waals surface area contributed by atoms with Crippen molar-refractivity contribution in [3.8, 4) is 28.2 Å². The van der Waals surface area contributed by atoms with Gasteiger partial charge in [-0.15, -0.1) is 0 Å². The molecule has 22 heteroatoms. The number of esters is 1. The highest BCUT2D eigenvalue weighted by Crippen LogP contribution is 2.42. The minimum atomic E-state index is -4.05. The molecule has 0 aromatic heterocycles. The molecular formula is C58H76FN5O15S. The van der Waals surface area contributed by atoms with E-state index >= 15 is 0 Å². The average Bonchev–Trinajstić information content (AvgIpc) is 3.38. The molecular weight excluding hydrogens is 1060 g/mol. The number of fused-ring (bicyclic) bond motifs is 2. The van der Waals surface area contributed by atoms with E-state index in [9.17, 15) is 41.6 Å². The number of ether oxygens (including phenoxy) is 5. The Labute approximate surface area is 467 Å². The fourth-order valence-electron chi connectivity index (χ4n) is 8.17. The van der Waals surface area contributed by atoms with E-state index in [4.69, 9.17) is 32.3 Å². The van der Waals surface area contributed by atoms with Gasteiger partial charge in [0, 0.05) is 99.7 Å². The number of amides is 4. The molecule has 1 fully saturated rings. The van der Waals surface area contributed by atoms with Gasteiger partial charge in [-0.25, -0.2) is 23.6 Å². The molecule has 6 rings (SSSR count). The highest BCUT2D eigenvalue weighted by atomic mass is 32.2. The van der Waals surface area contributed by atoms with Gasteiger partial charge in [-0.05, 0) is 116 Å². The van der Waals surface area contributed by atoms with Crippen molar-refractivity contribution in [1.82, 2.24) is 24.9 Å². The van der Waals surface area contributed by atoms with Crippen molar-refractivity contribution in [2.24, 2.45) is 0 Å². The van der Waals surface area contributed by atoms with Crippen LogP contribution in [0.4, 0.5) is 18.8 Å². The Kier molecular flexibility index (Phi) is 22.8. The average molecular weight is 1130 g/mol. The third-order valence-electron chi connectivity index (χ3n) is 11.9. The van der Waals surface area contributed by atoms with Gasteiger partial charge in [-0.2, -0.15) is 8.42 Å². The first-order valence-electron chi connectivity index (χ1n) is 26.7. The molecule has 2 aliphatic heterocycles. The number of benzene rings is 4. The maximum absolute atomic E-state index is 14.0. The van der Waals surface area contributed by atoms with E-state index in [-0.39, 0.29) is 123 Å². The molecule has 436 valence electrons. The molecule has 4 amide bonds. The normalized spacial score (nSPS) is 14.1. The van der Waals surface area contributed by atoms with E-state index in [0.29, 0.717) is 16.5 Å². The lowest BCUT2D eigenvalue weighted by molar-refractivity contribution is 0.00910. The van der Waals surface area contributed by atoms with Crippen LogP contribution in [0.3, 0.4) is 0 Å². The molecule has 0 atom stereocenters. The van der Waals surface area contributed by atoms with Crippen molar-refractivity contribution in [3.05, 3.63) is 106 Å². The summed E-state index contributed by atoms with van der Waals surface area (Å²) in [6, 6.07) is 19.6. The molecule has 0 saturated carbocycles. The van der Waals surface area contributed by atoms with Crippen LogP contribution < -0.4 is 15.5 Å². The van der Waals surface area contributed by atoms with Gasteiger partial charge in [0.25, 0.3) is 16.0 Å². The second-order valence-electron chi connectivity index (χ2n) is 20.8. The molecule has 0 bridgehead atoms. The van der Waals surface area contributed by atoms with Gasteiger partial charge in [0.15, 0.2) is 5.43 Å². The Hall–Kier alpha value is -7.30. The van der Waals surface area contributed by atoms with Gasteiger partial charge in [-0.3, -0.25) is 18.7 Å². The summed E-state index contributed by atoms with van der Waals surface area (Å²) in [7, 11) is -4.05. The van der Waals surface area contributed by atoms with Gasteiger partial charge in [0.2, 0.25) is 0 Å². The first kappa shape index (κ1) is 63.5. The number of carbonyl (C=O) groups excluding carboxylic acids is 5. The van der Waals surface area contributed by atoms with Crippen molar-refractivity contribution in [2.75, 3.05) is 91.9 Å². The van der Waals surface area contributed by atoms with Gasteiger partial charge in [0.1, 0.15) is 54.8 Å². The second kappa shape index (κ2) is 28.7. The Balaban J connectivity index is 0.00000581. The number of hydrogen-bond acceptors (Lipinski definition) is 16. The quantitative estimate of drug-likeness (QED) is 0.0338. The highest BCUT2D eigenvalue weighted by molar-refractivity contribution is 7.86. The lowest BCUT2D eigenvalue weighted by atomic mass is 9.89. The standard InChI is InChI=1S/C56H70FN5O15S.C2H6/c1-37(2)74-52(66)60-25-23-59(24-26-61(53(67)76-55(4,5)6)29-30-62(28-27-60)54(68)77-56(7,8)9)22-21-58-50(64)39-12-17-43(46(34-39)51(65)72-31-20-57)49-44-18-13-40(63)35-47(44)75-48-36-41(14-19-45(48)49)71-32-33-73-78(69,70)42-15-10-38(3)11-16-42;1-2/h10-19,34-37H,20-33H2,1-9H3,(H,58,64);1-2H3. The molecule has 0 spiro atoms. The zero-order chi connectivity index (χ0) is 59.0. The number of nitrogens with zero attached hydrogens (tertiary/aromatic N) is 4. The lowest BCUT2D eigenvalue weighted by Gasteiger charge is -2.35. The van der Waals surface area contributed by atoms with E-state index in [1.165, 1.54) is 57.2 Å². The maximum atomic E-state index is 14.0. The van der Waals surface area contributed by atoms with Crippen LogP contribution in [0, 0.1) is 6.92 Å². The summed E-state index contributed by atoms with van der Waals surface area (Å²) >= 11 is 0. The number of alkyl halides is 1. The van der Waals surface area contributed by atoms with E-state index in [2.05, 4.69) is 5.32 Å². The molecule has 1 aliphatic carbocycles. The summed E-state index contributed by atoms with van der Waals surface area (Å²) in [5.74, 6) is -1.07. The molecule has 1 N–H and O–H groups in total. The second-order valence-corrected chi connectivity index (χ2v) is 22.4. The third-order valence-corrected chi connectivity index (χ3v) is 13.2. The smallest absolute Gasteiger partial charge is 0.410 e. The highest BCUT2D eigenvalue weighted by Gasteiger charge is 2.30. The summed E-state index contributed by atoms with van der Waals surface area (Å²) in [5.41, 5.74) is 0.212. The Morgan fingerprint density at radius 1 is 0.700 bits per heavy atom. The van der Waals surface area contributed by atoms with Crippen LogP contribution in [0.15, 0.2) is 93.0 Å². The van der Waals surface area contributed by atoms with E-state index < -0.39 is 70.9 Å². The number of hydrogen-bond donors (Lipinski definition) is 1. The van der Waals surface area contributed by atoms with E-state index in [1.807, 2.05) is 25.7 Å². The van der Waals surface area contributed by atoms with Crippen LogP contribution in [0.1, 0.15) is 95.5 Å². The molecule has 2 heterocycles. The molecule has 20 nitrogen and oxygen atoms in total. The Bertz CT molecular complexity index is 3060. The molecule has 1 saturated heterocycles. The molecule has 3 aromatic carbocycles. The number of rotatable bonds is 15. The van der Waals surface area contributed by atoms with Crippen LogP contribution in [-0.4, -0.2) is 167 Å². The zero-order valence-corrected chi connectivity index (χ0v) is 48.5. The van der Waals surface area contributed by atoms with E-state index in [1.54, 1.807) is 91.8 Å². The summed E-state index contributed by atoms with van der Waals surface area (Å²) in [6.07, 6.45) is -2.19. The minimum Gasteiger partial charge on any atom is -0.491 e. The van der Waals surface area contributed by atoms with Crippen LogP contribution >= 0.6 is 0 Å². The van der Waals surface area contributed by atoms with Crippen molar-refractivity contribution in [2.45, 2.75) is 98.4 Å². The predicted molar refractivity (Wildman–Crippen MR) is 300 cm³/mol. The summed E-state index contributed by atoms with van der Waals surface area (Å²) in [6.45, 7) is 19.3. The fourth-order valence-corrected chi connectivity index (χ4v) is 9.07. The Morgan fingerprint density at radius 3 is 1.85 bits per heavy atom. The SMILES string of the molecule is CC.Cc1ccc(S(=O)(=O)OCCOc2ccc3c(-c4ccc(C(=O)NCCN5CCN(C(=O)OC(C)C)CCN(C(=O)OC(C)(C)C)CCN(C(=O)OC(C)(C)C)CC5)cc4C(=O)OCCF)c4ccc(=O)cc-4oc3c2)cc1. The summed E-state index contributed by atoms with van der Waals surface area (Å²) < 4.78 is 78.5. The fraction of sp³-hybridized carbons (Fsp3) is 0.483. The molecule has 3 aliphatic rings. The zero-order valence-electron chi connectivity index (χ0n) is 47.7. The molecule has 80 heavy (non-hydrogen) atoms. The van der Waals surface area contributed by atoms with Crippen LogP contribution in [0.2, 0.25) is 0 Å². The first-order chi connectivity index (χ1) is 37.8. The van der Waals surface area contributed by atoms with Crippen molar-refractivity contribution >= 4 is 51.2 Å². The summed E-state index contributed by atoms with van der Waals surface area (Å²) in [5, 5.41) is 3.36. The van der Waals surface area contributed by atoms with Crippen LogP contribution in [0.25, 0.3) is 33.4 Å². The van der Waals surface area contributed by atoms with Gasteiger partial charge >= 0.3 is 24.2 Å². The van der Waals surface area contributed by atoms with Crippen molar-refractivity contribution < 1.29 is 69.1 Å². The topological polar surface area (TPSA) is 230 Å². The number of carbonyl (C=O) groups is 5. The van der Waals surface area contributed by atoms with Gasteiger partial charge in [0.05, 0.1) is 16.6 Å². The van der Waals surface area contributed by atoms with Crippen LogP contribution in [-0.2, 0) is 33.2 Å². The largest absolute Gasteiger partial charge is 0.491 e. The maximum Gasteiger partial charge on any atom is 0.410 e. The van der Waals surface area contributed by atoms with E-state index in [0.717, 1.165) is 5.56 Å². The van der Waals surface area contributed by atoms with Crippen molar-refractivity contribution in [3.63, 3.8) is 0 Å². The van der Waals surface area contributed by atoms with Crippen LogP contribution in [0.5, 0.6) is 5.75 Å².